The van der Waals surface area contributed by atoms with Gasteiger partial charge in [-0.15, -0.1) is 0 Å². The van der Waals surface area contributed by atoms with Crippen LogP contribution in [-0.4, -0.2) is 5.11 Å². The predicted molar refractivity (Wildman–Crippen MR) is 78.7 cm³/mol. The molecule has 0 saturated heterocycles. The number of phenolic OH excluding ortho intramolecular Hbond substituents is 1. The summed E-state index contributed by atoms with van der Waals surface area (Å²) in [5.41, 5.74) is 6.89. The van der Waals surface area contributed by atoms with Gasteiger partial charge in [0.1, 0.15) is 11.9 Å². The van der Waals surface area contributed by atoms with Gasteiger partial charge < -0.3 is 15.7 Å². The molecule has 19 heavy (non-hydrogen) atoms. The minimum atomic E-state index is 0.0670. The number of hydrogen-bond acceptors (Lipinski definition) is 3. The lowest BCUT2D eigenvalue weighted by atomic mass is 10.00. The van der Waals surface area contributed by atoms with Gasteiger partial charge in [0.25, 0.3) is 0 Å². The van der Waals surface area contributed by atoms with Crippen molar-refractivity contribution in [2.75, 3.05) is 10.6 Å². The molecule has 98 valence electrons. The summed E-state index contributed by atoms with van der Waals surface area (Å²) in [4.78, 5) is 0. The number of benzene rings is 2. The van der Waals surface area contributed by atoms with Gasteiger partial charge in [-0.1, -0.05) is 6.07 Å². The summed E-state index contributed by atoms with van der Waals surface area (Å²) in [6.45, 7) is 6.14. The molecule has 1 heterocycles. The first kappa shape index (κ1) is 11.9. The quantitative estimate of drug-likeness (QED) is 0.724. The van der Waals surface area contributed by atoms with Crippen LogP contribution in [0.25, 0.3) is 0 Å². The molecule has 3 rings (SSSR count). The molecule has 0 spiro atoms. The molecule has 0 fully saturated rings. The maximum atomic E-state index is 9.63. The molecule has 1 unspecified atom stereocenters. The van der Waals surface area contributed by atoms with Gasteiger partial charge in [0.2, 0.25) is 0 Å². The van der Waals surface area contributed by atoms with Crippen LogP contribution in [0.4, 0.5) is 11.4 Å². The predicted octanol–water partition coefficient (Wildman–Crippen LogP) is 3.85. The van der Waals surface area contributed by atoms with E-state index in [-0.39, 0.29) is 6.17 Å². The van der Waals surface area contributed by atoms with E-state index in [0.717, 1.165) is 22.5 Å². The molecule has 1 aliphatic rings. The van der Waals surface area contributed by atoms with Gasteiger partial charge in [0.05, 0.1) is 11.4 Å². The third kappa shape index (κ3) is 2.01. The van der Waals surface area contributed by atoms with Crippen molar-refractivity contribution in [3.63, 3.8) is 0 Å². The first-order valence-corrected chi connectivity index (χ1v) is 6.48. The molecular weight excluding hydrogens is 236 g/mol. The zero-order chi connectivity index (χ0) is 13.6. The number of phenols is 1. The Labute approximate surface area is 113 Å². The summed E-state index contributed by atoms with van der Waals surface area (Å²) in [6.07, 6.45) is 0.0670. The van der Waals surface area contributed by atoms with Gasteiger partial charge in [-0.2, -0.15) is 0 Å². The summed E-state index contributed by atoms with van der Waals surface area (Å²) >= 11 is 0. The van der Waals surface area contributed by atoms with Crippen LogP contribution in [0.3, 0.4) is 0 Å². The monoisotopic (exact) mass is 254 g/mol. The van der Waals surface area contributed by atoms with Gasteiger partial charge in [-0.25, -0.2) is 0 Å². The average Bonchev–Trinajstić information content (AvgIpc) is 2.69. The highest BCUT2D eigenvalue weighted by Crippen LogP contribution is 2.38. The number of fused-ring (bicyclic) bond motifs is 1. The van der Waals surface area contributed by atoms with Crippen molar-refractivity contribution in [1.82, 2.24) is 0 Å². The molecule has 3 nitrogen and oxygen atoms in total. The molecule has 0 aliphatic carbocycles. The van der Waals surface area contributed by atoms with E-state index in [4.69, 9.17) is 0 Å². The lowest BCUT2D eigenvalue weighted by Gasteiger charge is -2.18. The molecule has 2 aromatic carbocycles. The maximum absolute atomic E-state index is 9.63. The first-order valence-electron chi connectivity index (χ1n) is 6.48. The Bertz CT molecular complexity index is 626. The fourth-order valence-corrected chi connectivity index (χ4v) is 2.80. The van der Waals surface area contributed by atoms with E-state index in [2.05, 4.69) is 35.8 Å². The standard InChI is InChI=1S/C16H18N2O/c1-9-4-5-13-14(6-9)18-16(17-13)15-10(2)7-12(19)8-11(15)3/h4-8,16-19H,1-3H3. The summed E-state index contributed by atoms with van der Waals surface area (Å²) in [7, 11) is 0. The van der Waals surface area contributed by atoms with Gasteiger partial charge in [0.15, 0.2) is 0 Å². The fourth-order valence-electron chi connectivity index (χ4n) is 2.80. The Morgan fingerprint density at radius 3 is 2.21 bits per heavy atom. The van der Waals surface area contributed by atoms with Crippen LogP contribution in [0.5, 0.6) is 5.75 Å². The number of anilines is 2. The number of nitrogens with one attached hydrogen (secondary N) is 2. The average molecular weight is 254 g/mol. The number of rotatable bonds is 1. The molecule has 0 amide bonds. The lowest BCUT2D eigenvalue weighted by molar-refractivity contribution is 0.474. The van der Waals surface area contributed by atoms with E-state index in [9.17, 15) is 5.11 Å². The lowest BCUT2D eigenvalue weighted by Crippen LogP contribution is -2.15. The van der Waals surface area contributed by atoms with E-state index in [1.54, 1.807) is 12.1 Å². The van der Waals surface area contributed by atoms with Crippen molar-refractivity contribution in [3.8, 4) is 5.75 Å². The minimum absolute atomic E-state index is 0.0670. The second-order valence-corrected chi connectivity index (χ2v) is 5.26. The van der Waals surface area contributed by atoms with Crippen molar-refractivity contribution < 1.29 is 5.11 Å². The first-order chi connectivity index (χ1) is 9.04. The van der Waals surface area contributed by atoms with Crippen LogP contribution in [0, 0.1) is 20.8 Å². The van der Waals surface area contributed by atoms with Crippen LogP contribution in [0.15, 0.2) is 30.3 Å². The Morgan fingerprint density at radius 1 is 0.895 bits per heavy atom. The van der Waals surface area contributed by atoms with Crippen LogP contribution < -0.4 is 10.6 Å². The molecule has 3 N–H and O–H groups in total. The summed E-state index contributed by atoms with van der Waals surface area (Å²) < 4.78 is 0. The minimum Gasteiger partial charge on any atom is -0.508 e. The Balaban J connectivity index is 1.99. The van der Waals surface area contributed by atoms with Crippen molar-refractivity contribution in [1.29, 1.82) is 0 Å². The smallest absolute Gasteiger partial charge is 0.124 e. The van der Waals surface area contributed by atoms with Crippen LogP contribution in [0.2, 0.25) is 0 Å². The van der Waals surface area contributed by atoms with E-state index in [0.29, 0.717) is 5.75 Å². The molecule has 0 bridgehead atoms. The van der Waals surface area contributed by atoms with Gasteiger partial charge in [-0.05, 0) is 61.7 Å². The molecule has 2 aromatic rings. The summed E-state index contributed by atoms with van der Waals surface area (Å²) in [5, 5.41) is 16.6. The molecule has 0 saturated carbocycles. The van der Waals surface area contributed by atoms with Crippen molar-refractivity contribution in [3.05, 3.63) is 52.6 Å². The number of hydrogen-bond donors (Lipinski definition) is 3. The summed E-state index contributed by atoms with van der Waals surface area (Å²) in [5.74, 6) is 0.324. The van der Waals surface area contributed by atoms with Crippen LogP contribution >= 0.6 is 0 Å². The van der Waals surface area contributed by atoms with E-state index in [1.165, 1.54) is 11.1 Å². The maximum Gasteiger partial charge on any atom is 0.124 e. The zero-order valence-corrected chi connectivity index (χ0v) is 11.4. The number of aryl methyl sites for hydroxylation is 3. The second-order valence-electron chi connectivity index (χ2n) is 5.26. The topological polar surface area (TPSA) is 44.3 Å². The highest BCUT2D eigenvalue weighted by Gasteiger charge is 2.23. The van der Waals surface area contributed by atoms with E-state index < -0.39 is 0 Å². The molecule has 3 heteroatoms. The fraction of sp³-hybridized carbons (Fsp3) is 0.250. The zero-order valence-electron chi connectivity index (χ0n) is 11.4. The van der Waals surface area contributed by atoms with Gasteiger partial charge in [0, 0.05) is 5.56 Å². The van der Waals surface area contributed by atoms with Crippen molar-refractivity contribution in [2.45, 2.75) is 26.9 Å². The highest BCUT2D eigenvalue weighted by atomic mass is 16.3. The Kier molecular flexibility index (Phi) is 2.63. The normalized spacial score (nSPS) is 16.7. The molecule has 0 aromatic heterocycles. The molecule has 1 aliphatic heterocycles. The second kappa shape index (κ2) is 4.19. The highest BCUT2D eigenvalue weighted by molar-refractivity contribution is 5.76. The van der Waals surface area contributed by atoms with Gasteiger partial charge in [-0.3, -0.25) is 0 Å². The molecule has 1 atom stereocenters. The largest absolute Gasteiger partial charge is 0.508 e. The summed E-state index contributed by atoms with van der Waals surface area (Å²) in [6, 6.07) is 9.96. The van der Waals surface area contributed by atoms with E-state index >= 15 is 0 Å². The molecule has 0 radical (unpaired) electrons. The SMILES string of the molecule is Cc1ccc2c(c1)NC(c1c(C)cc(O)cc1C)N2. The van der Waals surface area contributed by atoms with Crippen LogP contribution in [0.1, 0.15) is 28.4 Å². The molecular formula is C16H18N2O. The van der Waals surface area contributed by atoms with Crippen molar-refractivity contribution in [2.24, 2.45) is 0 Å². The number of aromatic hydroxyl groups is 1. The van der Waals surface area contributed by atoms with E-state index in [1.807, 2.05) is 13.8 Å². The Hall–Kier alpha value is -2.16. The van der Waals surface area contributed by atoms with Crippen molar-refractivity contribution >= 4 is 11.4 Å². The van der Waals surface area contributed by atoms with Gasteiger partial charge >= 0.3 is 0 Å². The third-order valence-electron chi connectivity index (χ3n) is 3.64. The van der Waals surface area contributed by atoms with Crippen LogP contribution in [-0.2, 0) is 0 Å². The third-order valence-corrected chi connectivity index (χ3v) is 3.64. The Morgan fingerprint density at radius 2 is 1.53 bits per heavy atom.